The molecule has 0 radical (unpaired) electrons. The quantitative estimate of drug-likeness (QED) is 0.912. The van der Waals surface area contributed by atoms with Crippen LogP contribution in [-0.2, 0) is 6.42 Å². The molecule has 2 rings (SSSR count). The minimum atomic E-state index is 0.205. The van der Waals surface area contributed by atoms with Crippen molar-refractivity contribution in [1.29, 1.82) is 5.26 Å². The van der Waals surface area contributed by atoms with E-state index in [2.05, 4.69) is 25.0 Å². The van der Waals surface area contributed by atoms with E-state index in [0.29, 0.717) is 17.8 Å². The van der Waals surface area contributed by atoms with Crippen molar-refractivity contribution in [1.82, 2.24) is 9.78 Å². The molecule has 1 heterocycles. The molecule has 19 heavy (non-hydrogen) atoms. The summed E-state index contributed by atoms with van der Waals surface area (Å²) in [6, 6.07) is 12.4. The van der Waals surface area contributed by atoms with Crippen molar-refractivity contribution < 1.29 is 0 Å². The molecule has 1 aromatic carbocycles. The molecule has 2 aromatic rings. The molecule has 0 fully saturated rings. The largest absolute Gasteiger partial charge is 0.383 e. The number of benzene rings is 1. The third-order valence-electron chi connectivity index (χ3n) is 3.35. The molecular formula is C15H18N4. The number of nitrogens with zero attached hydrogens (tertiary/aromatic N) is 3. The molecule has 0 bridgehead atoms. The summed E-state index contributed by atoms with van der Waals surface area (Å²) in [5.74, 6) is 0.475. The molecule has 1 aromatic heterocycles. The van der Waals surface area contributed by atoms with Gasteiger partial charge in [0.25, 0.3) is 0 Å². The number of anilines is 1. The summed E-state index contributed by atoms with van der Waals surface area (Å²) in [5, 5.41) is 13.8. The van der Waals surface area contributed by atoms with Crippen LogP contribution in [0.2, 0.25) is 0 Å². The van der Waals surface area contributed by atoms with E-state index >= 15 is 0 Å². The third kappa shape index (κ3) is 2.60. The summed E-state index contributed by atoms with van der Waals surface area (Å²) in [5.41, 5.74) is 8.41. The van der Waals surface area contributed by atoms with Crippen molar-refractivity contribution in [2.24, 2.45) is 0 Å². The number of nitrogen functional groups attached to an aromatic ring is 1. The van der Waals surface area contributed by atoms with Crippen molar-refractivity contribution in [3.8, 4) is 6.07 Å². The van der Waals surface area contributed by atoms with Crippen molar-refractivity contribution in [3.05, 3.63) is 47.2 Å². The molecule has 2 N–H and O–H groups in total. The zero-order valence-electron chi connectivity index (χ0n) is 11.3. The average molecular weight is 254 g/mol. The predicted molar refractivity (Wildman–Crippen MR) is 75.6 cm³/mol. The van der Waals surface area contributed by atoms with Crippen LogP contribution in [0.25, 0.3) is 0 Å². The number of nitrogens with two attached hydrogens (primary N) is 1. The average Bonchev–Trinajstić information content (AvgIpc) is 2.75. The molecule has 0 saturated carbocycles. The van der Waals surface area contributed by atoms with Crippen molar-refractivity contribution in [3.63, 3.8) is 0 Å². The zero-order chi connectivity index (χ0) is 13.8. The van der Waals surface area contributed by atoms with Crippen LogP contribution in [0.5, 0.6) is 0 Å². The highest BCUT2D eigenvalue weighted by atomic mass is 15.3. The first-order valence-corrected chi connectivity index (χ1v) is 6.48. The van der Waals surface area contributed by atoms with Crippen LogP contribution in [0.1, 0.15) is 43.1 Å². The second-order valence-electron chi connectivity index (χ2n) is 4.68. The Morgan fingerprint density at radius 2 is 2.05 bits per heavy atom. The summed E-state index contributed by atoms with van der Waals surface area (Å²) in [6.45, 7) is 4.13. The molecule has 0 unspecified atom stereocenters. The topological polar surface area (TPSA) is 67.6 Å². The standard InChI is InChI=1S/C15H18N4/c1-3-11(2)19-15(17)13(10-16)14(18-19)9-12-7-5-4-6-8-12/h4-8,11H,3,9,17H2,1-2H3/t11-/m1/s1. The fraction of sp³-hybridized carbons (Fsp3) is 0.333. The maximum Gasteiger partial charge on any atom is 0.140 e. The summed E-state index contributed by atoms with van der Waals surface area (Å²) < 4.78 is 1.76. The maximum atomic E-state index is 9.26. The van der Waals surface area contributed by atoms with Crippen LogP contribution < -0.4 is 5.73 Å². The van der Waals surface area contributed by atoms with Crippen molar-refractivity contribution in [2.75, 3.05) is 5.73 Å². The van der Waals surface area contributed by atoms with Gasteiger partial charge >= 0.3 is 0 Å². The first-order valence-electron chi connectivity index (χ1n) is 6.48. The third-order valence-corrected chi connectivity index (χ3v) is 3.35. The molecule has 0 saturated heterocycles. The van der Waals surface area contributed by atoms with Crippen LogP contribution >= 0.6 is 0 Å². The van der Waals surface area contributed by atoms with Crippen LogP contribution in [0, 0.1) is 11.3 Å². The predicted octanol–water partition coefficient (Wildman–Crippen LogP) is 2.90. The number of rotatable bonds is 4. The van der Waals surface area contributed by atoms with Crippen LogP contribution in [0.3, 0.4) is 0 Å². The Morgan fingerprint density at radius 1 is 1.37 bits per heavy atom. The highest BCUT2D eigenvalue weighted by Crippen LogP contribution is 2.23. The number of nitriles is 1. The molecule has 98 valence electrons. The number of hydrogen-bond donors (Lipinski definition) is 1. The SMILES string of the molecule is CC[C@@H](C)n1nc(Cc2ccccc2)c(C#N)c1N. The molecule has 0 aliphatic rings. The second kappa shape index (κ2) is 5.57. The van der Waals surface area contributed by atoms with E-state index in [0.717, 1.165) is 17.7 Å². The zero-order valence-corrected chi connectivity index (χ0v) is 11.3. The Morgan fingerprint density at radius 3 is 2.63 bits per heavy atom. The van der Waals surface area contributed by atoms with Gasteiger partial charge in [-0.25, -0.2) is 4.68 Å². The van der Waals surface area contributed by atoms with E-state index in [-0.39, 0.29) is 6.04 Å². The monoisotopic (exact) mass is 254 g/mol. The first kappa shape index (κ1) is 13.2. The van der Waals surface area contributed by atoms with Gasteiger partial charge in [0.05, 0.1) is 11.7 Å². The lowest BCUT2D eigenvalue weighted by atomic mass is 10.1. The molecular weight excluding hydrogens is 236 g/mol. The van der Waals surface area contributed by atoms with E-state index in [4.69, 9.17) is 5.73 Å². The van der Waals surface area contributed by atoms with Crippen molar-refractivity contribution in [2.45, 2.75) is 32.7 Å². The van der Waals surface area contributed by atoms with Gasteiger partial charge < -0.3 is 5.73 Å². The van der Waals surface area contributed by atoms with Crippen LogP contribution in [0.4, 0.5) is 5.82 Å². The van der Waals surface area contributed by atoms with E-state index < -0.39 is 0 Å². The number of hydrogen-bond acceptors (Lipinski definition) is 3. The summed E-state index contributed by atoms with van der Waals surface area (Å²) in [4.78, 5) is 0. The van der Waals surface area contributed by atoms with Gasteiger partial charge in [0.15, 0.2) is 0 Å². The molecule has 0 spiro atoms. The van der Waals surface area contributed by atoms with Gasteiger partial charge in [-0.15, -0.1) is 0 Å². The molecule has 0 amide bonds. The van der Waals surface area contributed by atoms with E-state index in [1.54, 1.807) is 4.68 Å². The lowest BCUT2D eigenvalue weighted by molar-refractivity contribution is 0.481. The van der Waals surface area contributed by atoms with Crippen molar-refractivity contribution >= 4 is 5.82 Å². The highest BCUT2D eigenvalue weighted by molar-refractivity contribution is 5.53. The Hall–Kier alpha value is -2.28. The van der Waals surface area contributed by atoms with Crippen LogP contribution in [0.15, 0.2) is 30.3 Å². The normalized spacial score (nSPS) is 12.1. The fourth-order valence-corrected chi connectivity index (χ4v) is 2.04. The Bertz CT molecular complexity index is 593. The molecule has 1 atom stereocenters. The van der Waals surface area contributed by atoms with Gasteiger partial charge in [0, 0.05) is 6.42 Å². The Balaban J connectivity index is 2.38. The van der Waals surface area contributed by atoms with E-state index in [1.165, 1.54) is 0 Å². The van der Waals surface area contributed by atoms with Gasteiger partial charge in [-0.1, -0.05) is 37.3 Å². The van der Waals surface area contributed by atoms with Gasteiger partial charge in [0.2, 0.25) is 0 Å². The fourth-order valence-electron chi connectivity index (χ4n) is 2.04. The summed E-state index contributed by atoms with van der Waals surface area (Å²) >= 11 is 0. The summed E-state index contributed by atoms with van der Waals surface area (Å²) in [6.07, 6.45) is 1.57. The minimum absolute atomic E-state index is 0.205. The first-order chi connectivity index (χ1) is 9.17. The lowest BCUT2D eigenvalue weighted by Gasteiger charge is -2.10. The second-order valence-corrected chi connectivity index (χ2v) is 4.68. The van der Waals surface area contributed by atoms with E-state index in [9.17, 15) is 5.26 Å². The minimum Gasteiger partial charge on any atom is -0.383 e. The van der Waals surface area contributed by atoms with E-state index in [1.807, 2.05) is 30.3 Å². The van der Waals surface area contributed by atoms with Gasteiger partial charge in [-0.3, -0.25) is 0 Å². The maximum absolute atomic E-state index is 9.26. The molecule has 0 aliphatic carbocycles. The van der Waals surface area contributed by atoms with Gasteiger partial charge in [-0.05, 0) is 18.9 Å². The molecule has 4 heteroatoms. The highest BCUT2D eigenvalue weighted by Gasteiger charge is 2.18. The molecule has 0 aliphatic heterocycles. The molecule has 4 nitrogen and oxygen atoms in total. The smallest absolute Gasteiger partial charge is 0.140 e. The van der Waals surface area contributed by atoms with Gasteiger partial charge in [0.1, 0.15) is 17.5 Å². The van der Waals surface area contributed by atoms with Crippen LogP contribution in [-0.4, -0.2) is 9.78 Å². The Kier molecular flexibility index (Phi) is 3.86. The summed E-state index contributed by atoms with van der Waals surface area (Å²) in [7, 11) is 0. The van der Waals surface area contributed by atoms with Gasteiger partial charge in [-0.2, -0.15) is 10.4 Å². The number of aromatic nitrogens is 2. The Labute approximate surface area is 113 Å². The lowest BCUT2D eigenvalue weighted by Crippen LogP contribution is -2.09.